The van der Waals surface area contributed by atoms with Crippen molar-refractivity contribution in [2.75, 3.05) is 13.2 Å². The molecule has 0 radical (unpaired) electrons. The SMILES string of the molecule is C=C(COC(=O)NC(C)C(=O)OCC#N)C(C)(C)CC. The third kappa shape index (κ3) is 6.23. The topological polar surface area (TPSA) is 88.4 Å². The van der Waals surface area contributed by atoms with Crippen LogP contribution in [-0.4, -0.2) is 31.3 Å². The second-order valence-corrected chi connectivity index (χ2v) is 5.05. The Hall–Kier alpha value is -2.03. The number of nitrogens with one attached hydrogen (secondary N) is 1. The molecule has 0 aromatic rings. The fourth-order valence-corrected chi connectivity index (χ4v) is 1.10. The van der Waals surface area contributed by atoms with E-state index in [4.69, 9.17) is 10.00 Å². The van der Waals surface area contributed by atoms with Crippen molar-refractivity contribution in [1.29, 1.82) is 5.26 Å². The second-order valence-electron chi connectivity index (χ2n) is 5.05. The Kier molecular flexibility index (Phi) is 7.37. The van der Waals surface area contributed by atoms with Gasteiger partial charge in [-0.15, -0.1) is 0 Å². The van der Waals surface area contributed by atoms with Crippen LogP contribution in [0.5, 0.6) is 0 Å². The Bertz CT molecular complexity index is 410. The predicted octanol–water partition coefficient (Wildman–Crippen LogP) is 2.16. The summed E-state index contributed by atoms with van der Waals surface area (Å²) in [5.41, 5.74) is 0.687. The molecule has 0 aromatic carbocycles. The summed E-state index contributed by atoms with van der Waals surface area (Å²) < 4.78 is 9.56. The van der Waals surface area contributed by atoms with E-state index in [0.29, 0.717) is 0 Å². The summed E-state index contributed by atoms with van der Waals surface area (Å²) in [5.74, 6) is -0.684. The van der Waals surface area contributed by atoms with Gasteiger partial charge in [0.25, 0.3) is 0 Å². The van der Waals surface area contributed by atoms with Gasteiger partial charge in [-0.3, -0.25) is 0 Å². The zero-order chi connectivity index (χ0) is 15.8. The Morgan fingerprint density at radius 1 is 1.40 bits per heavy atom. The molecule has 20 heavy (non-hydrogen) atoms. The van der Waals surface area contributed by atoms with Crippen LogP contribution in [0, 0.1) is 16.7 Å². The molecule has 1 unspecified atom stereocenters. The molecule has 0 aliphatic heterocycles. The maximum absolute atomic E-state index is 11.5. The van der Waals surface area contributed by atoms with Gasteiger partial charge in [0, 0.05) is 0 Å². The zero-order valence-corrected chi connectivity index (χ0v) is 12.5. The smallest absolute Gasteiger partial charge is 0.408 e. The molecule has 0 bridgehead atoms. The largest absolute Gasteiger partial charge is 0.449 e. The maximum Gasteiger partial charge on any atom is 0.408 e. The molecule has 1 N–H and O–H groups in total. The van der Waals surface area contributed by atoms with Crippen molar-refractivity contribution in [3.63, 3.8) is 0 Å². The predicted molar refractivity (Wildman–Crippen MR) is 73.7 cm³/mol. The summed E-state index contributed by atoms with van der Waals surface area (Å²) in [4.78, 5) is 22.8. The van der Waals surface area contributed by atoms with Crippen LogP contribution in [0.4, 0.5) is 4.79 Å². The Balaban J connectivity index is 4.15. The third-order valence-corrected chi connectivity index (χ3v) is 3.19. The van der Waals surface area contributed by atoms with Crippen molar-refractivity contribution in [2.24, 2.45) is 5.41 Å². The Labute approximate surface area is 119 Å². The van der Waals surface area contributed by atoms with Gasteiger partial charge in [0.15, 0.2) is 6.61 Å². The first-order chi connectivity index (χ1) is 9.24. The Morgan fingerprint density at radius 3 is 2.50 bits per heavy atom. The van der Waals surface area contributed by atoms with Crippen molar-refractivity contribution in [3.05, 3.63) is 12.2 Å². The number of nitriles is 1. The summed E-state index contributed by atoms with van der Waals surface area (Å²) >= 11 is 0. The van der Waals surface area contributed by atoms with Gasteiger partial charge in [-0.25, -0.2) is 9.59 Å². The van der Waals surface area contributed by atoms with Crippen molar-refractivity contribution in [2.45, 2.75) is 40.2 Å². The van der Waals surface area contributed by atoms with Crippen molar-refractivity contribution >= 4 is 12.1 Å². The minimum Gasteiger partial charge on any atom is -0.449 e. The fourth-order valence-electron chi connectivity index (χ4n) is 1.10. The number of carbonyl (C=O) groups excluding carboxylic acids is 2. The summed E-state index contributed by atoms with van der Waals surface area (Å²) in [7, 11) is 0. The highest BCUT2D eigenvalue weighted by molar-refractivity contribution is 5.81. The molecule has 0 heterocycles. The molecule has 0 fully saturated rings. The van der Waals surface area contributed by atoms with Gasteiger partial charge in [-0.2, -0.15) is 5.26 Å². The van der Waals surface area contributed by atoms with E-state index >= 15 is 0 Å². The lowest BCUT2D eigenvalue weighted by Gasteiger charge is -2.25. The van der Waals surface area contributed by atoms with Crippen LogP contribution in [-0.2, 0) is 14.3 Å². The quantitative estimate of drug-likeness (QED) is 0.571. The monoisotopic (exact) mass is 282 g/mol. The molecule has 1 atom stereocenters. The fraction of sp³-hybridized carbons (Fsp3) is 0.643. The first-order valence-corrected chi connectivity index (χ1v) is 6.39. The lowest BCUT2D eigenvalue weighted by molar-refractivity contribution is -0.144. The van der Waals surface area contributed by atoms with Crippen LogP contribution in [0.2, 0.25) is 0 Å². The number of nitrogens with zero attached hydrogens (tertiary/aromatic N) is 1. The molecule has 0 saturated heterocycles. The molecule has 0 aliphatic carbocycles. The van der Waals surface area contributed by atoms with E-state index < -0.39 is 18.1 Å². The molecule has 0 spiro atoms. The van der Waals surface area contributed by atoms with Gasteiger partial charge in [-0.1, -0.05) is 27.4 Å². The molecule has 0 saturated carbocycles. The molecule has 6 nitrogen and oxygen atoms in total. The van der Waals surface area contributed by atoms with E-state index in [2.05, 4.69) is 16.6 Å². The van der Waals surface area contributed by atoms with E-state index in [1.54, 1.807) is 6.07 Å². The van der Waals surface area contributed by atoms with E-state index in [-0.39, 0.29) is 18.6 Å². The molecular formula is C14H22N2O4. The number of hydrogen-bond donors (Lipinski definition) is 1. The van der Waals surface area contributed by atoms with Gasteiger partial charge in [0.05, 0.1) is 0 Å². The minimum absolute atomic E-state index is 0.0899. The minimum atomic E-state index is -0.872. The van der Waals surface area contributed by atoms with Crippen LogP contribution in [0.1, 0.15) is 34.1 Å². The lowest BCUT2D eigenvalue weighted by Crippen LogP contribution is -2.40. The summed E-state index contributed by atoms with van der Waals surface area (Å²) in [6.45, 7) is 11.1. The van der Waals surface area contributed by atoms with Crippen LogP contribution in [0.3, 0.4) is 0 Å². The highest BCUT2D eigenvalue weighted by Gasteiger charge is 2.22. The first kappa shape index (κ1) is 18.0. The number of esters is 1. The van der Waals surface area contributed by atoms with Crippen molar-refractivity contribution < 1.29 is 19.1 Å². The van der Waals surface area contributed by atoms with Gasteiger partial charge in [0.2, 0.25) is 0 Å². The van der Waals surface area contributed by atoms with Gasteiger partial charge in [-0.05, 0) is 24.3 Å². The van der Waals surface area contributed by atoms with Gasteiger partial charge in [0.1, 0.15) is 18.7 Å². The van der Waals surface area contributed by atoms with E-state index in [1.165, 1.54) is 6.92 Å². The van der Waals surface area contributed by atoms with Crippen molar-refractivity contribution in [1.82, 2.24) is 5.32 Å². The molecule has 0 rings (SSSR count). The number of hydrogen-bond acceptors (Lipinski definition) is 5. The second kappa shape index (κ2) is 8.20. The standard InChI is InChI=1S/C14H22N2O4/c1-6-14(4,5)10(2)9-20-13(18)16-11(3)12(17)19-8-7-15/h11H,2,6,8-9H2,1,3-5H3,(H,16,18). The number of amides is 1. The van der Waals surface area contributed by atoms with Gasteiger partial charge < -0.3 is 14.8 Å². The average Bonchev–Trinajstić information content (AvgIpc) is 2.41. The number of ether oxygens (including phenoxy) is 2. The molecular weight excluding hydrogens is 260 g/mol. The van der Waals surface area contributed by atoms with Crippen LogP contribution >= 0.6 is 0 Å². The molecule has 112 valence electrons. The first-order valence-electron chi connectivity index (χ1n) is 6.39. The molecule has 1 amide bonds. The average molecular weight is 282 g/mol. The van der Waals surface area contributed by atoms with E-state index in [9.17, 15) is 9.59 Å². The number of rotatable bonds is 7. The van der Waals surface area contributed by atoms with Crippen LogP contribution in [0.25, 0.3) is 0 Å². The normalized spacial score (nSPS) is 11.9. The van der Waals surface area contributed by atoms with Crippen LogP contribution in [0.15, 0.2) is 12.2 Å². The zero-order valence-electron chi connectivity index (χ0n) is 12.5. The lowest BCUT2D eigenvalue weighted by atomic mass is 9.83. The van der Waals surface area contributed by atoms with Gasteiger partial charge >= 0.3 is 12.1 Å². The summed E-state index contributed by atoms with van der Waals surface area (Å²) in [6, 6.07) is 0.799. The highest BCUT2D eigenvalue weighted by Crippen LogP contribution is 2.28. The van der Waals surface area contributed by atoms with Crippen molar-refractivity contribution in [3.8, 4) is 6.07 Å². The maximum atomic E-state index is 11.5. The highest BCUT2D eigenvalue weighted by atomic mass is 16.6. The third-order valence-electron chi connectivity index (χ3n) is 3.19. The van der Waals surface area contributed by atoms with Crippen LogP contribution < -0.4 is 5.32 Å². The summed E-state index contributed by atoms with van der Waals surface area (Å²) in [6.07, 6.45) is 0.160. The molecule has 6 heteroatoms. The number of carbonyl (C=O) groups is 2. The number of alkyl carbamates (subject to hydrolysis) is 1. The summed E-state index contributed by atoms with van der Waals surface area (Å²) in [5, 5.41) is 10.6. The van der Waals surface area contributed by atoms with E-state index in [1.807, 2.05) is 20.8 Å². The molecule has 0 aliphatic rings. The van der Waals surface area contributed by atoms with E-state index in [0.717, 1.165) is 12.0 Å². The Morgan fingerprint density at radius 2 is 2.00 bits per heavy atom. The molecule has 0 aromatic heterocycles.